The smallest absolute Gasteiger partial charge is 0.312 e. The Kier molecular flexibility index (Phi) is 5.61. The number of thiazole rings is 1. The summed E-state index contributed by atoms with van der Waals surface area (Å²) < 4.78 is 4.80. The van der Waals surface area contributed by atoms with Crippen molar-refractivity contribution in [1.82, 2.24) is 15.8 Å². The van der Waals surface area contributed by atoms with E-state index in [1.807, 2.05) is 16.8 Å². The SMILES string of the molecule is CC(=O)NNC(=O)COC(=O)Cc1csc(-c2ccsc2)n1. The molecule has 0 aliphatic rings. The fourth-order valence-corrected chi connectivity index (χ4v) is 2.98. The Morgan fingerprint density at radius 1 is 1.27 bits per heavy atom. The van der Waals surface area contributed by atoms with Crippen molar-refractivity contribution in [3.8, 4) is 10.6 Å². The average molecular weight is 339 g/mol. The molecular formula is C13H13N3O4S2. The van der Waals surface area contributed by atoms with E-state index in [2.05, 4.69) is 15.8 Å². The predicted octanol–water partition coefficient (Wildman–Crippen LogP) is 1.12. The standard InChI is InChI=1S/C13H13N3O4S2/c1-8(17)15-16-11(18)5-20-12(19)4-10-7-22-13(14-10)9-2-3-21-6-9/h2-3,6-7H,4-5H2,1H3,(H,15,17)(H,16,18). The molecule has 9 heteroatoms. The Hall–Kier alpha value is -2.26. The van der Waals surface area contributed by atoms with Crippen LogP contribution in [0, 0.1) is 0 Å². The summed E-state index contributed by atoms with van der Waals surface area (Å²) in [7, 11) is 0. The maximum atomic E-state index is 11.6. The van der Waals surface area contributed by atoms with Crippen LogP contribution in [-0.4, -0.2) is 29.4 Å². The monoisotopic (exact) mass is 339 g/mol. The van der Waals surface area contributed by atoms with E-state index in [0.717, 1.165) is 10.6 Å². The van der Waals surface area contributed by atoms with Gasteiger partial charge in [-0.05, 0) is 11.4 Å². The van der Waals surface area contributed by atoms with E-state index >= 15 is 0 Å². The lowest BCUT2D eigenvalue weighted by atomic mass is 10.3. The second-order valence-electron chi connectivity index (χ2n) is 4.22. The minimum Gasteiger partial charge on any atom is -0.455 e. The lowest BCUT2D eigenvalue weighted by molar-refractivity contribution is -0.148. The summed E-state index contributed by atoms with van der Waals surface area (Å²) in [5, 5.41) is 6.56. The number of nitrogens with zero attached hydrogens (tertiary/aromatic N) is 1. The first kappa shape index (κ1) is 16.1. The molecule has 0 radical (unpaired) electrons. The molecule has 0 spiro atoms. The zero-order valence-electron chi connectivity index (χ0n) is 11.6. The summed E-state index contributed by atoms with van der Waals surface area (Å²) in [4.78, 5) is 37.8. The highest BCUT2D eigenvalue weighted by Gasteiger charge is 2.12. The summed E-state index contributed by atoms with van der Waals surface area (Å²) >= 11 is 3.02. The van der Waals surface area contributed by atoms with Gasteiger partial charge in [-0.25, -0.2) is 4.98 Å². The van der Waals surface area contributed by atoms with E-state index in [0.29, 0.717) is 5.69 Å². The number of thiophene rings is 1. The maximum absolute atomic E-state index is 11.6. The molecule has 2 heterocycles. The van der Waals surface area contributed by atoms with Crippen LogP contribution in [-0.2, 0) is 25.5 Å². The van der Waals surface area contributed by atoms with E-state index in [4.69, 9.17) is 4.74 Å². The van der Waals surface area contributed by atoms with Crippen molar-refractivity contribution >= 4 is 40.5 Å². The number of hydrogen-bond acceptors (Lipinski definition) is 7. The number of hydrogen-bond donors (Lipinski definition) is 2. The number of esters is 1. The third-order valence-corrected chi connectivity index (χ3v) is 4.01. The maximum Gasteiger partial charge on any atom is 0.312 e. The van der Waals surface area contributed by atoms with E-state index in [-0.39, 0.29) is 6.42 Å². The summed E-state index contributed by atoms with van der Waals surface area (Å²) in [5.41, 5.74) is 5.81. The van der Waals surface area contributed by atoms with Gasteiger partial charge in [0.1, 0.15) is 5.01 Å². The molecule has 0 saturated heterocycles. The second-order valence-corrected chi connectivity index (χ2v) is 5.86. The number of rotatable bonds is 5. The van der Waals surface area contributed by atoms with Crippen LogP contribution in [0.3, 0.4) is 0 Å². The minimum absolute atomic E-state index is 0.00590. The zero-order valence-corrected chi connectivity index (χ0v) is 13.3. The fraction of sp³-hybridized carbons (Fsp3) is 0.231. The molecule has 0 unspecified atom stereocenters. The second kappa shape index (κ2) is 7.66. The molecule has 0 bridgehead atoms. The number of aromatic nitrogens is 1. The van der Waals surface area contributed by atoms with Crippen LogP contribution in [0.25, 0.3) is 10.6 Å². The van der Waals surface area contributed by atoms with Crippen LogP contribution in [0.15, 0.2) is 22.2 Å². The van der Waals surface area contributed by atoms with Gasteiger partial charge in [0.15, 0.2) is 6.61 Å². The Balaban J connectivity index is 1.78. The fourth-order valence-electron chi connectivity index (χ4n) is 1.45. The van der Waals surface area contributed by atoms with Crippen molar-refractivity contribution in [1.29, 1.82) is 0 Å². The first-order chi connectivity index (χ1) is 10.5. The Labute approximate surface area is 134 Å². The van der Waals surface area contributed by atoms with Crippen LogP contribution in [0.1, 0.15) is 12.6 Å². The minimum atomic E-state index is -0.610. The van der Waals surface area contributed by atoms with E-state index in [1.54, 1.807) is 16.7 Å². The number of nitrogens with one attached hydrogen (secondary N) is 2. The van der Waals surface area contributed by atoms with Gasteiger partial charge in [-0.3, -0.25) is 25.2 Å². The molecule has 0 saturated carbocycles. The molecule has 2 rings (SSSR count). The highest BCUT2D eigenvalue weighted by atomic mass is 32.1. The van der Waals surface area contributed by atoms with Crippen LogP contribution in [0.2, 0.25) is 0 Å². The molecule has 0 fully saturated rings. The summed E-state index contributed by atoms with van der Waals surface area (Å²) in [6, 6.07) is 1.96. The highest BCUT2D eigenvalue weighted by Crippen LogP contribution is 2.25. The van der Waals surface area contributed by atoms with Gasteiger partial charge < -0.3 is 4.74 Å². The molecule has 22 heavy (non-hydrogen) atoms. The van der Waals surface area contributed by atoms with Crippen LogP contribution < -0.4 is 10.9 Å². The number of carbonyl (C=O) groups excluding carboxylic acids is 3. The molecule has 116 valence electrons. The molecule has 0 atom stereocenters. The summed E-state index contributed by atoms with van der Waals surface area (Å²) in [6.45, 7) is 0.792. The van der Waals surface area contributed by atoms with Gasteiger partial charge in [-0.15, -0.1) is 11.3 Å². The summed E-state index contributed by atoms with van der Waals surface area (Å²) in [5.74, 6) is -1.58. The number of hydrazine groups is 1. The summed E-state index contributed by atoms with van der Waals surface area (Å²) in [6.07, 6.45) is -0.00590. The van der Waals surface area contributed by atoms with Crippen molar-refractivity contribution in [3.05, 3.63) is 27.9 Å². The molecule has 0 aliphatic carbocycles. The van der Waals surface area contributed by atoms with Gasteiger partial charge in [0, 0.05) is 23.2 Å². The molecule has 2 amide bonds. The normalized spacial score (nSPS) is 10.0. The first-order valence-corrected chi connectivity index (χ1v) is 8.05. The third kappa shape index (κ3) is 4.93. The largest absolute Gasteiger partial charge is 0.455 e. The van der Waals surface area contributed by atoms with E-state index in [1.165, 1.54) is 18.3 Å². The van der Waals surface area contributed by atoms with Crippen LogP contribution >= 0.6 is 22.7 Å². The first-order valence-electron chi connectivity index (χ1n) is 6.22. The van der Waals surface area contributed by atoms with E-state index < -0.39 is 24.4 Å². The number of ether oxygens (including phenoxy) is 1. The van der Waals surface area contributed by atoms with Crippen molar-refractivity contribution in [2.45, 2.75) is 13.3 Å². The molecule has 0 aromatic carbocycles. The molecule has 2 aromatic rings. The predicted molar refractivity (Wildman–Crippen MR) is 82.0 cm³/mol. The van der Waals surface area contributed by atoms with Crippen molar-refractivity contribution < 1.29 is 19.1 Å². The molecule has 0 aliphatic heterocycles. The van der Waals surface area contributed by atoms with Gasteiger partial charge in [0.05, 0.1) is 12.1 Å². The number of amides is 2. The van der Waals surface area contributed by atoms with Crippen molar-refractivity contribution in [3.63, 3.8) is 0 Å². The molecule has 2 aromatic heterocycles. The Bertz CT molecular complexity index is 667. The van der Waals surface area contributed by atoms with Gasteiger partial charge in [0.25, 0.3) is 5.91 Å². The van der Waals surface area contributed by atoms with Crippen LogP contribution in [0.5, 0.6) is 0 Å². The van der Waals surface area contributed by atoms with Gasteiger partial charge in [-0.2, -0.15) is 11.3 Å². The van der Waals surface area contributed by atoms with Crippen LogP contribution in [0.4, 0.5) is 0 Å². The molecule has 7 nitrogen and oxygen atoms in total. The quantitative estimate of drug-likeness (QED) is 0.628. The lowest BCUT2D eigenvalue weighted by Gasteiger charge is -2.05. The Morgan fingerprint density at radius 2 is 2.09 bits per heavy atom. The average Bonchev–Trinajstić information content (AvgIpc) is 3.13. The van der Waals surface area contributed by atoms with E-state index in [9.17, 15) is 14.4 Å². The molecule has 2 N–H and O–H groups in total. The van der Waals surface area contributed by atoms with Gasteiger partial charge >= 0.3 is 5.97 Å². The number of carbonyl (C=O) groups is 3. The third-order valence-electron chi connectivity index (χ3n) is 2.39. The topological polar surface area (TPSA) is 97.4 Å². The lowest BCUT2D eigenvalue weighted by Crippen LogP contribution is -2.42. The van der Waals surface area contributed by atoms with Crippen molar-refractivity contribution in [2.24, 2.45) is 0 Å². The zero-order chi connectivity index (χ0) is 15.9. The van der Waals surface area contributed by atoms with Gasteiger partial charge in [0.2, 0.25) is 5.91 Å². The highest BCUT2D eigenvalue weighted by molar-refractivity contribution is 7.14. The Morgan fingerprint density at radius 3 is 2.77 bits per heavy atom. The van der Waals surface area contributed by atoms with Crippen molar-refractivity contribution in [2.75, 3.05) is 6.61 Å². The van der Waals surface area contributed by atoms with Gasteiger partial charge in [-0.1, -0.05) is 0 Å². The molecular weight excluding hydrogens is 326 g/mol.